The highest BCUT2D eigenvalue weighted by Crippen LogP contribution is 2.53. The van der Waals surface area contributed by atoms with E-state index in [4.69, 9.17) is 25.8 Å². The van der Waals surface area contributed by atoms with Gasteiger partial charge in [-0.15, -0.1) is 0 Å². The molecule has 3 heterocycles. The number of fused-ring (bicyclic) bond motifs is 3. The molecule has 9 heteroatoms. The Morgan fingerprint density at radius 1 is 1.03 bits per heavy atom. The molecule has 0 spiro atoms. The lowest BCUT2D eigenvalue weighted by Crippen LogP contribution is -2.33. The van der Waals surface area contributed by atoms with Crippen LogP contribution >= 0.6 is 11.6 Å². The molecule has 0 bridgehead atoms. The van der Waals surface area contributed by atoms with Crippen molar-refractivity contribution in [3.63, 3.8) is 0 Å². The smallest absolute Gasteiger partial charge is 0.226 e. The van der Waals surface area contributed by atoms with Crippen LogP contribution in [0, 0.1) is 5.82 Å². The SMILES string of the molecule is COc1cccc([C@@H]2Oc3ccc(Cl)cc3C3=C2[C@@H](c2ccccc2F)n2ncnc2N3)c1OC. The predicted molar refractivity (Wildman–Crippen MR) is 129 cm³/mol. The third-order valence-corrected chi connectivity index (χ3v) is 6.53. The maximum absolute atomic E-state index is 15.3. The number of aromatic nitrogens is 3. The van der Waals surface area contributed by atoms with Crippen molar-refractivity contribution in [2.24, 2.45) is 0 Å². The molecule has 0 saturated heterocycles. The average Bonchev–Trinajstić information content (AvgIpc) is 3.35. The van der Waals surface area contributed by atoms with E-state index in [9.17, 15) is 0 Å². The van der Waals surface area contributed by atoms with Crippen LogP contribution in [0.25, 0.3) is 5.70 Å². The van der Waals surface area contributed by atoms with Crippen molar-refractivity contribution < 1.29 is 18.6 Å². The van der Waals surface area contributed by atoms with Crippen molar-refractivity contribution in [3.05, 3.63) is 100 Å². The molecule has 35 heavy (non-hydrogen) atoms. The number of para-hydroxylation sites is 1. The number of hydrogen-bond donors (Lipinski definition) is 1. The van der Waals surface area contributed by atoms with Gasteiger partial charge in [-0.1, -0.05) is 41.9 Å². The number of benzene rings is 3. The summed E-state index contributed by atoms with van der Waals surface area (Å²) in [7, 11) is 3.16. The number of rotatable bonds is 4. The molecular weight excluding hydrogens is 471 g/mol. The van der Waals surface area contributed by atoms with Gasteiger partial charge in [0.15, 0.2) is 17.6 Å². The normalized spacial score (nSPS) is 18.1. The fourth-order valence-electron chi connectivity index (χ4n) is 4.81. The molecule has 2 aliphatic heterocycles. The quantitative estimate of drug-likeness (QED) is 0.399. The van der Waals surface area contributed by atoms with E-state index in [1.807, 2.05) is 30.3 Å². The minimum Gasteiger partial charge on any atom is -0.493 e. The van der Waals surface area contributed by atoms with Crippen LogP contribution in [-0.4, -0.2) is 29.0 Å². The van der Waals surface area contributed by atoms with Gasteiger partial charge < -0.3 is 19.5 Å². The number of hydrogen-bond acceptors (Lipinski definition) is 6. The maximum Gasteiger partial charge on any atom is 0.226 e. The molecule has 7 nitrogen and oxygen atoms in total. The van der Waals surface area contributed by atoms with Crippen LogP contribution in [0.15, 0.2) is 72.6 Å². The molecule has 6 rings (SSSR count). The summed E-state index contributed by atoms with van der Waals surface area (Å²) in [5.74, 6) is 1.84. The highest BCUT2D eigenvalue weighted by Gasteiger charge is 2.43. The fourth-order valence-corrected chi connectivity index (χ4v) is 4.99. The van der Waals surface area contributed by atoms with Gasteiger partial charge in [0, 0.05) is 27.3 Å². The Kier molecular flexibility index (Phi) is 5.11. The molecule has 176 valence electrons. The summed E-state index contributed by atoms with van der Waals surface area (Å²) in [4.78, 5) is 4.37. The molecule has 0 saturated carbocycles. The van der Waals surface area contributed by atoms with Gasteiger partial charge in [-0.3, -0.25) is 0 Å². The Morgan fingerprint density at radius 3 is 2.66 bits per heavy atom. The van der Waals surface area contributed by atoms with Crippen LogP contribution in [0.1, 0.15) is 28.8 Å². The van der Waals surface area contributed by atoms with Gasteiger partial charge >= 0.3 is 0 Å². The minimum atomic E-state index is -0.654. The molecule has 0 unspecified atom stereocenters. The van der Waals surface area contributed by atoms with Crippen LogP contribution in [0.3, 0.4) is 0 Å². The maximum atomic E-state index is 15.3. The fraction of sp³-hybridized carbons (Fsp3) is 0.154. The van der Waals surface area contributed by atoms with E-state index in [0.717, 1.165) is 22.4 Å². The zero-order chi connectivity index (χ0) is 24.1. The van der Waals surface area contributed by atoms with Gasteiger partial charge in [0.25, 0.3) is 0 Å². The number of nitrogens with zero attached hydrogens (tertiary/aromatic N) is 3. The second kappa shape index (κ2) is 8.32. The molecule has 2 aliphatic rings. The van der Waals surface area contributed by atoms with E-state index < -0.39 is 12.1 Å². The summed E-state index contributed by atoms with van der Waals surface area (Å²) in [6.45, 7) is 0. The van der Waals surface area contributed by atoms with Crippen LogP contribution in [-0.2, 0) is 0 Å². The van der Waals surface area contributed by atoms with Crippen molar-refractivity contribution in [2.45, 2.75) is 12.1 Å². The monoisotopic (exact) mass is 490 g/mol. The molecule has 0 radical (unpaired) electrons. The molecule has 1 N–H and O–H groups in total. The molecule has 4 aromatic rings. The lowest BCUT2D eigenvalue weighted by Gasteiger charge is -2.39. The third kappa shape index (κ3) is 3.32. The molecule has 1 aromatic heterocycles. The van der Waals surface area contributed by atoms with E-state index >= 15 is 4.39 Å². The number of nitrogens with one attached hydrogen (secondary N) is 1. The van der Waals surface area contributed by atoms with Gasteiger partial charge in [-0.2, -0.15) is 10.1 Å². The summed E-state index contributed by atoms with van der Waals surface area (Å²) < 4.78 is 34.8. The number of anilines is 1. The van der Waals surface area contributed by atoms with E-state index in [-0.39, 0.29) is 5.82 Å². The van der Waals surface area contributed by atoms with E-state index in [1.54, 1.807) is 43.2 Å². The summed E-state index contributed by atoms with van der Waals surface area (Å²) >= 11 is 6.37. The van der Waals surface area contributed by atoms with Crippen LogP contribution in [0.4, 0.5) is 10.3 Å². The standard InChI is InChI=1S/C26H20ClFN4O3/c1-33-20-9-5-7-16(24(20)34-2)25-21-22(17-12-14(27)10-11-19(17)35-25)31-26-29-13-30-32(26)23(21)15-6-3-4-8-18(15)28/h3-13,23,25H,1-2H3,(H,29,30,31)/t23-,25+/m1/s1. The third-order valence-electron chi connectivity index (χ3n) is 6.29. The summed E-state index contributed by atoms with van der Waals surface area (Å²) in [6.07, 6.45) is 0.786. The summed E-state index contributed by atoms with van der Waals surface area (Å²) in [6, 6.07) is 17.0. The Morgan fingerprint density at radius 2 is 1.86 bits per heavy atom. The minimum absolute atomic E-state index is 0.360. The molecule has 2 atom stereocenters. The van der Waals surface area contributed by atoms with Crippen molar-refractivity contribution in [1.29, 1.82) is 0 Å². The van der Waals surface area contributed by atoms with Gasteiger partial charge in [-0.05, 0) is 30.3 Å². The van der Waals surface area contributed by atoms with Gasteiger partial charge in [0.2, 0.25) is 5.95 Å². The average molecular weight is 491 g/mol. The van der Waals surface area contributed by atoms with E-state index in [1.165, 1.54) is 12.4 Å². The number of ether oxygens (including phenoxy) is 3. The Balaban J connectivity index is 1.67. The number of methoxy groups -OCH3 is 2. The van der Waals surface area contributed by atoms with Crippen molar-refractivity contribution >= 4 is 23.2 Å². The topological polar surface area (TPSA) is 70.4 Å². The first-order valence-corrected chi connectivity index (χ1v) is 11.3. The van der Waals surface area contributed by atoms with Crippen LogP contribution < -0.4 is 19.5 Å². The molecule has 3 aromatic carbocycles. The first kappa shape index (κ1) is 21.5. The summed E-state index contributed by atoms with van der Waals surface area (Å²) in [5, 5.41) is 8.36. The van der Waals surface area contributed by atoms with Crippen molar-refractivity contribution in [1.82, 2.24) is 14.8 Å². The molecule has 0 fully saturated rings. The number of halogens is 2. The van der Waals surface area contributed by atoms with Gasteiger partial charge in [0.1, 0.15) is 23.9 Å². The van der Waals surface area contributed by atoms with E-state index in [2.05, 4.69) is 15.4 Å². The van der Waals surface area contributed by atoms with Gasteiger partial charge in [0.05, 0.1) is 19.9 Å². The molecule has 0 aliphatic carbocycles. The second-order valence-electron chi connectivity index (χ2n) is 8.13. The Labute approximate surface area is 205 Å². The Hall–Kier alpha value is -4.04. The highest BCUT2D eigenvalue weighted by atomic mass is 35.5. The Bertz CT molecular complexity index is 1490. The first-order valence-electron chi connectivity index (χ1n) is 10.9. The largest absolute Gasteiger partial charge is 0.493 e. The lowest BCUT2D eigenvalue weighted by molar-refractivity contribution is 0.215. The predicted octanol–water partition coefficient (Wildman–Crippen LogP) is 5.65. The van der Waals surface area contributed by atoms with Crippen LogP contribution in [0.5, 0.6) is 17.2 Å². The van der Waals surface area contributed by atoms with Crippen molar-refractivity contribution in [2.75, 3.05) is 19.5 Å². The summed E-state index contributed by atoms with van der Waals surface area (Å²) in [5.41, 5.74) is 3.40. The molecular formula is C26H20ClFN4O3. The van der Waals surface area contributed by atoms with E-state index in [0.29, 0.717) is 33.8 Å². The first-order chi connectivity index (χ1) is 17.1. The molecule has 0 amide bonds. The van der Waals surface area contributed by atoms with Crippen LogP contribution in [0.2, 0.25) is 5.02 Å². The highest BCUT2D eigenvalue weighted by molar-refractivity contribution is 6.30. The second-order valence-corrected chi connectivity index (χ2v) is 8.57. The zero-order valence-electron chi connectivity index (χ0n) is 18.8. The van der Waals surface area contributed by atoms with Gasteiger partial charge in [-0.25, -0.2) is 9.07 Å². The lowest BCUT2D eigenvalue weighted by atomic mass is 9.84. The zero-order valence-corrected chi connectivity index (χ0v) is 19.6. The van der Waals surface area contributed by atoms with Crippen molar-refractivity contribution in [3.8, 4) is 17.2 Å².